The van der Waals surface area contributed by atoms with Crippen LogP contribution >= 0.6 is 0 Å². The molecule has 2 aromatic rings. The Kier molecular flexibility index (Phi) is 4.50. The summed E-state index contributed by atoms with van der Waals surface area (Å²) in [5.74, 6) is 0. The van der Waals surface area contributed by atoms with E-state index in [4.69, 9.17) is 5.73 Å². The Labute approximate surface area is 108 Å². The number of aromatic nitrogens is 2. The highest BCUT2D eigenvalue weighted by atomic mass is 15.1. The van der Waals surface area contributed by atoms with Crippen LogP contribution < -0.4 is 5.73 Å². The Balaban J connectivity index is 1.88. The minimum absolute atomic E-state index is 0.648. The molecule has 96 valence electrons. The topological polar surface area (TPSA) is 47.1 Å². The highest BCUT2D eigenvalue weighted by Crippen LogP contribution is 2.06. The van der Waals surface area contributed by atoms with Gasteiger partial charge in [-0.05, 0) is 12.6 Å². The molecular weight excluding hydrogens is 224 g/mol. The van der Waals surface area contributed by atoms with Gasteiger partial charge in [-0.15, -0.1) is 0 Å². The second-order valence-corrected chi connectivity index (χ2v) is 4.55. The number of benzene rings is 1. The van der Waals surface area contributed by atoms with Gasteiger partial charge >= 0.3 is 0 Å². The molecule has 0 aliphatic carbocycles. The molecule has 0 spiro atoms. The summed E-state index contributed by atoms with van der Waals surface area (Å²) >= 11 is 0. The largest absolute Gasteiger partial charge is 0.336 e. The van der Waals surface area contributed by atoms with Crippen LogP contribution in [0.4, 0.5) is 0 Å². The molecule has 0 aliphatic rings. The molecule has 0 fully saturated rings. The van der Waals surface area contributed by atoms with Gasteiger partial charge in [-0.3, -0.25) is 4.90 Å². The van der Waals surface area contributed by atoms with E-state index in [1.54, 1.807) is 0 Å². The number of rotatable bonds is 6. The highest BCUT2D eigenvalue weighted by Gasteiger charge is 2.04. The van der Waals surface area contributed by atoms with Gasteiger partial charge in [0, 0.05) is 32.4 Å². The first-order valence-electron chi connectivity index (χ1n) is 6.21. The summed E-state index contributed by atoms with van der Waals surface area (Å²) in [5, 5.41) is 0. The number of hydrogen-bond donors (Lipinski definition) is 1. The van der Waals surface area contributed by atoms with Gasteiger partial charge in [-0.2, -0.15) is 0 Å². The first kappa shape index (κ1) is 12.8. The SMILES string of the molecule is CN(Cc1ccccc1)Cc1cn(CCN)cn1. The Morgan fingerprint density at radius 2 is 2.00 bits per heavy atom. The average molecular weight is 244 g/mol. The molecular formula is C14H20N4. The quantitative estimate of drug-likeness (QED) is 0.837. The van der Waals surface area contributed by atoms with E-state index >= 15 is 0 Å². The monoisotopic (exact) mass is 244 g/mol. The van der Waals surface area contributed by atoms with Crippen molar-refractivity contribution in [1.82, 2.24) is 14.5 Å². The van der Waals surface area contributed by atoms with Crippen LogP contribution in [0.1, 0.15) is 11.3 Å². The van der Waals surface area contributed by atoms with Gasteiger partial charge in [0.1, 0.15) is 0 Å². The number of nitrogens with two attached hydrogens (primary N) is 1. The summed E-state index contributed by atoms with van der Waals surface area (Å²) < 4.78 is 2.03. The molecule has 0 bridgehead atoms. The zero-order valence-corrected chi connectivity index (χ0v) is 10.8. The maximum absolute atomic E-state index is 5.51. The van der Waals surface area contributed by atoms with Crippen molar-refractivity contribution < 1.29 is 0 Å². The standard InChI is InChI=1S/C14H20N4/c1-17(9-13-5-3-2-4-6-13)10-14-11-18(8-7-15)12-16-14/h2-6,11-12H,7-10,15H2,1H3. The average Bonchev–Trinajstić information content (AvgIpc) is 2.78. The summed E-state index contributed by atoms with van der Waals surface area (Å²) in [7, 11) is 2.11. The molecule has 18 heavy (non-hydrogen) atoms. The van der Waals surface area contributed by atoms with E-state index in [9.17, 15) is 0 Å². The lowest BCUT2D eigenvalue weighted by molar-refractivity contribution is 0.315. The molecule has 0 saturated heterocycles. The van der Waals surface area contributed by atoms with E-state index in [1.807, 2.05) is 17.0 Å². The Bertz CT molecular complexity index is 464. The minimum Gasteiger partial charge on any atom is -0.336 e. The molecule has 0 aliphatic heterocycles. The number of imidazole rings is 1. The van der Waals surface area contributed by atoms with Crippen molar-refractivity contribution in [2.24, 2.45) is 5.73 Å². The molecule has 0 unspecified atom stereocenters. The van der Waals surface area contributed by atoms with Gasteiger partial charge < -0.3 is 10.3 Å². The fraction of sp³-hybridized carbons (Fsp3) is 0.357. The molecule has 4 nitrogen and oxygen atoms in total. The lowest BCUT2D eigenvalue weighted by Crippen LogP contribution is -2.17. The highest BCUT2D eigenvalue weighted by molar-refractivity contribution is 5.14. The molecule has 0 radical (unpaired) electrons. The van der Waals surface area contributed by atoms with E-state index in [0.717, 1.165) is 25.3 Å². The molecule has 2 rings (SSSR count). The van der Waals surface area contributed by atoms with Crippen LogP contribution in [0, 0.1) is 0 Å². The van der Waals surface area contributed by atoms with Crippen molar-refractivity contribution in [2.75, 3.05) is 13.6 Å². The third-order valence-corrected chi connectivity index (χ3v) is 2.80. The Morgan fingerprint density at radius 3 is 2.72 bits per heavy atom. The zero-order valence-electron chi connectivity index (χ0n) is 10.8. The number of nitrogens with zero attached hydrogens (tertiary/aromatic N) is 3. The predicted octanol–water partition coefficient (Wildman–Crippen LogP) is 1.47. The van der Waals surface area contributed by atoms with Crippen molar-refractivity contribution in [1.29, 1.82) is 0 Å². The lowest BCUT2D eigenvalue weighted by Gasteiger charge is -2.15. The third kappa shape index (κ3) is 3.68. The maximum atomic E-state index is 5.51. The van der Waals surface area contributed by atoms with Crippen LogP contribution in [0.5, 0.6) is 0 Å². The van der Waals surface area contributed by atoms with Crippen LogP contribution in [-0.2, 0) is 19.6 Å². The van der Waals surface area contributed by atoms with Crippen molar-refractivity contribution in [3.63, 3.8) is 0 Å². The smallest absolute Gasteiger partial charge is 0.0950 e. The fourth-order valence-corrected chi connectivity index (χ4v) is 1.99. The Morgan fingerprint density at radius 1 is 1.22 bits per heavy atom. The van der Waals surface area contributed by atoms with Gasteiger partial charge in [0.25, 0.3) is 0 Å². The lowest BCUT2D eigenvalue weighted by atomic mass is 10.2. The molecule has 1 aromatic carbocycles. The molecule has 1 aromatic heterocycles. The molecule has 1 heterocycles. The summed E-state index contributed by atoms with van der Waals surface area (Å²) in [6.45, 7) is 3.27. The van der Waals surface area contributed by atoms with Gasteiger partial charge in [0.15, 0.2) is 0 Å². The second kappa shape index (κ2) is 6.33. The zero-order chi connectivity index (χ0) is 12.8. The van der Waals surface area contributed by atoms with Crippen LogP contribution in [0.2, 0.25) is 0 Å². The van der Waals surface area contributed by atoms with E-state index in [-0.39, 0.29) is 0 Å². The van der Waals surface area contributed by atoms with Crippen molar-refractivity contribution in [3.8, 4) is 0 Å². The van der Waals surface area contributed by atoms with Crippen LogP contribution in [0.15, 0.2) is 42.9 Å². The van der Waals surface area contributed by atoms with E-state index in [1.165, 1.54) is 5.56 Å². The van der Waals surface area contributed by atoms with Gasteiger partial charge in [-0.25, -0.2) is 4.98 Å². The maximum Gasteiger partial charge on any atom is 0.0950 e. The van der Waals surface area contributed by atoms with Crippen molar-refractivity contribution in [3.05, 3.63) is 54.1 Å². The fourth-order valence-electron chi connectivity index (χ4n) is 1.99. The minimum atomic E-state index is 0.648. The molecule has 4 heteroatoms. The molecule has 0 amide bonds. The molecule has 2 N–H and O–H groups in total. The first-order chi connectivity index (χ1) is 8.78. The predicted molar refractivity (Wildman–Crippen MR) is 72.9 cm³/mol. The van der Waals surface area contributed by atoms with E-state index < -0.39 is 0 Å². The first-order valence-corrected chi connectivity index (χ1v) is 6.21. The van der Waals surface area contributed by atoms with Crippen LogP contribution in [0.25, 0.3) is 0 Å². The Hall–Kier alpha value is -1.65. The van der Waals surface area contributed by atoms with Crippen LogP contribution in [0.3, 0.4) is 0 Å². The normalized spacial score (nSPS) is 11.1. The van der Waals surface area contributed by atoms with Crippen LogP contribution in [-0.4, -0.2) is 28.0 Å². The van der Waals surface area contributed by atoms with Gasteiger partial charge in [0.05, 0.1) is 12.0 Å². The summed E-state index contributed by atoms with van der Waals surface area (Å²) in [6.07, 6.45) is 3.91. The summed E-state index contributed by atoms with van der Waals surface area (Å²) in [4.78, 5) is 6.64. The van der Waals surface area contributed by atoms with E-state index in [0.29, 0.717) is 6.54 Å². The third-order valence-electron chi connectivity index (χ3n) is 2.80. The van der Waals surface area contributed by atoms with Crippen molar-refractivity contribution in [2.45, 2.75) is 19.6 Å². The molecule has 0 atom stereocenters. The van der Waals surface area contributed by atoms with E-state index in [2.05, 4.69) is 47.4 Å². The van der Waals surface area contributed by atoms with Gasteiger partial charge in [0.2, 0.25) is 0 Å². The summed E-state index contributed by atoms with van der Waals surface area (Å²) in [6, 6.07) is 10.5. The van der Waals surface area contributed by atoms with Crippen molar-refractivity contribution >= 4 is 0 Å². The van der Waals surface area contributed by atoms with Gasteiger partial charge in [-0.1, -0.05) is 30.3 Å². The molecule has 0 saturated carbocycles. The number of hydrogen-bond acceptors (Lipinski definition) is 3. The summed E-state index contributed by atoms with van der Waals surface area (Å²) in [5.41, 5.74) is 7.92. The second-order valence-electron chi connectivity index (χ2n) is 4.55.